The minimum atomic E-state index is -0.369. The molecule has 2 aromatic rings. The molecule has 0 unspecified atom stereocenters. The Morgan fingerprint density at radius 2 is 2.16 bits per heavy atom. The van der Waals surface area contributed by atoms with Crippen molar-refractivity contribution in [3.05, 3.63) is 36.0 Å². The zero-order valence-electron chi connectivity index (χ0n) is 15.4. The molecule has 1 aromatic carbocycles. The summed E-state index contributed by atoms with van der Waals surface area (Å²) < 4.78 is 8.12. The van der Waals surface area contributed by atoms with Crippen molar-refractivity contribution in [1.82, 2.24) is 14.4 Å². The molecule has 0 radical (unpaired) electrons. The SMILES string of the molecule is CN(C)C(=O)[C@@]12CCO[C@@H]1CCN(Cc1cn(C)c3ccccc13)C2. The Balaban J connectivity index is 1.60. The van der Waals surface area contributed by atoms with Crippen molar-refractivity contribution in [3.63, 3.8) is 0 Å². The van der Waals surface area contributed by atoms with Gasteiger partial charge in [0, 0.05) is 64.5 Å². The van der Waals surface area contributed by atoms with Crippen molar-refractivity contribution in [3.8, 4) is 0 Å². The highest BCUT2D eigenvalue weighted by Gasteiger charge is 2.53. The molecule has 2 aliphatic rings. The van der Waals surface area contributed by atoms with Crippen LogP contribution in [0.3, 0.4) is 0 Å². The van der Waals surface area contributed by atoms with Crippen molar-refractivity contribution in [1.29, 1.82) is 0 Å². The number of aromatic nitrogens is 1. The molecule has 0 aliphatic carbocycles. The van der Waals surface area contributed by atoms with Gasteiger partial charge in [-0.3, -0.25) is 9.69 Å². The molecule has 2 atom stereocenters. The van der Waals surface area contributed by atoms with Gasteiger partial charge in [-0.2, -0.15) is 0 Å². The maximum Gasteiger partial charge on any atom is 0.232 e. The fourth-order valence-electron chi connectivity index (χ4n) is 4.71. The molecule has 1 aromatic heterocycles. The van der Waals surface area contributed by atoms with Crippen molar-refractivity contribution in [2.24, 2.45) is 12.5 Å². The van der Waals surface area contributed by atoms with Gasteiger partial charge in [0.15, 0.2) is 0 Å². The first-order valence-electron chi connectivity index (χ1n) is 9.10. The summed E-state index contributed by atoms with van der Waals surface area (Å²) in [5.74, 6) is 0.220. The first-order chi connectivity index (χ1) is 12.0. The van der Waals surface area contributed by atoms with Gasteiger partial charge in [-0.1, -0.05) is 18.2 Å². The number of para-hydroxylation sites is 1. The molecule has 0 spiro atoms. The third-order valence-electron chi connectivity index (χ3n) is 5.90. The van der Waals surface area contributed by atoms with Crippen LogP contribution in [-0.4, -0.2) is 60.2 Å². The van der Waals surface area contributed by atoms with Gasteiger partial charge in [-0.05, 0) is 24.5 Å². The number of hydrogen-bond acceptors (Lipinski definition) is 3. The second-order valence-electron chi connectivity index (χ2n) is 7.75. The average molecular weight is 341 g/mol. The molecule has 1 amide bonds. The number of aryl methyl sites for hydroxylation is 1. The van der Waals surface area contributed by atoms with Gasteiger partial charge in [-0.15, -0.1) is 0 Å². The van der Waals surface area contributed by atoms with Crippen LogP contribution in [0, 0.1) is 5.41 Å². The molecule has 5 nitrogen and oxygen atoms in total. The van der Waals surface area contributed by atoms with Crippen LogP contribution in [0.4, 0.5) is 0 Å². The normalized spacial score (nSPS) is 26.8. The number of amides is 1. The summed E-state index contributed by atoms with van der Waals surface area (Å²) in [7, 11) is 5.81. The summed E-state index contributed by atoms with van der Waals surface area (Å²) in [5.41, 5.74) is 2.23. The van der Waals surface area contributed by atoms with E-state index in [1.54, 1.807) is 4.90 Å². The van der Waals surface area contributed by atoms with Crippen LogP contribution in [0.2, 0.25) is 0 Å². The fourth-order valence-corrected chi connectivity index (χ4v) is 4.71. The van der Waals surface area contributed by atoms with Gasteiger partial charge in [0.05, 0.1) is 11.5 Å². The number of ether oxygens (including phenoxy) is 1. The number of rotatable bonds is 3. The molecule has 2 saturated heterocycles. The first-order valence-corrected chi connectivity index (χ1v) is 9.10. The Morgan fingerprint density at radius 1 is 1.36 bits per heavy atom. The Hall–Kier alpha value is -1.85. The largest absolute Gasteiger partial charge is 0.377 e. The van der Waals surface area contributed by atoms with Crippen LogP contribution >= 0.6 is 0 Å². The Kier molecular flexibility index (Phi) is 4.08. The van der Waals surface area contributed by atoms with E-state index in [9.17, 15) is 4.79 Å². The lowest BCUT2D eigenvalue weighted by Crippen LogP contribution is -2.56. The molecule has 0 bridgehead atoms. The summed E-state index contributed by atoms with van der Waals surface area (Å²) in [6, 6.07) is 8.53. The number of likely N-dealkylation sites (tertiary alicyclic amines) is 1. The van der Waals surface area contributed by atoms with Crippen LogP contribution in [0.15, 0.2) is 30.5 Å². The van der Waals surface area contributed by atoms with Crippen LogP contribution in [0.1, 0.15) is 18.4 Å². The Labute approximate surface area is 149 Å². The Morgan fingerprint density at radius 3 is 2.96 bits per heavy atom. The van der Waals surface area contributed by atoms with Crippen molar-refractivity contribution in [2.45, 2.75) is 25.5 Å². The molecule has 5 heteroatoms. The van der Waals surface area contributed by atoms with Crippen molar-refractivity contribution < 1.29 is 9.53 Å². The van der Waals surface area contributed by atoms with E-state index in [2.05, 4.69) is 47.0 Å². The number of benzene rings is 1. The smallest absolute Gasteiger partial charge is 0.232 e. The molecular formula is C20H27N3O2. The lowest BCUT2D eigenvalue weighted by molar-refractivity contribution is -0.148. The summed E-state index contributed by atoms with van der Waals surface area (Å²) in [6.45, 7) is 3.36. The van der Waals surface area contributed by atoms with Crippen molar-refractivity contribution >= 4 is 16.8 Å². The maximum absolute atomic E-state index is 12.9. The van der Waals surface area contributed by atoms with Gasteiger partial charge in [-0.25, -0.2) is 0 Å². The molecule has 2 fully saturated rings. The standard InChI is InChI=1S/C20H27N3O2/c1-21(2)19(24)20-9-11-25-18(20)8-10-23(14-20)13-15-12-22(3)17-7-5-4-6-16(15)17/h4-7,12,18H,8-11,13-14H2,1-3H3/t18-,20-/m1/s1. The van der Waals surface area contributed by atoms with Gasteiger partial charge in [0.1, 0.15) is 0 Å². The number of hydrogen-bond donors (Lipinski definition) is 0. The second-order valence-corrected chi connectivity index (χ2v) is 7.75. The lowest BCUT2D eigenvalue weighted by Gasteiger charge is -2.43. The quantitative estimate of drug-likeness (QED) is 0.859. The van der Waals surface area contributed by atoms with E-state index in [0.717, 1.165) is 32.5 Å². The zero-order valence-corrected chi connectivity index (χ0v) is 15.4. The summed E-state index contributed by atoms with van der Waals surface area (Å²) in [6.07, 6.45) is 4.07. The number of carbonyl (C=O) groups is 1. The van der Waals surface area contributed by atoms with E-state index < -0.39 is 0 Å². The molecular weight excluding hydrogens is 314 g/mol. The highest BCUT2D eigenvalue weighted by atomic mass is 16.5. The van der Waals surface area contributed by atoms with Crippen LogP contribution in [0.5, 0.6) is 0 Å². The zero-order chi connectivity index (χ0) is 17.6. The molecule has 134 valence electrons. The highest BCUT2D eigenvalue weighted by Crippen LogP contribution is 2.42. The molecule has 4 rings (SSSR count). The molecule has 3 heterocycles. The monoisotopic (exact) mass is 341 g/mol. The molecule has 0 N–H and O–H groups in total. The summed E-state index contributed by atoms with van der Waals surface area (Å²) in [5, 5.41) is 1.31. The predicted octanol–water partition coefficient (Wildman–Crippen LogP) is 2.25. The number of carbonyl (C=O) groups excluding carboxylic acids is 1. The predicted molar refractivity (Wildman–Crippen MR) is 98.3 cm³/mol. The highest BCUT2D eigenvalue weighted by molar-refractivity contribution is 5.84. The number of fused-ring (bicyclic) bond motifs is 2. The fraction of sp³-hybridized carbons (Fsp3) is 0.550. The van der Waals surface area contributed by atoms with Crippen LogP contribution < -0.4 is 0 Å². The third-order valence-corrected chi connectivity index (χ3v) is 5.90. The van der Waals surface area contributed by atoms with E-state index >= 15 is 0 Å². The average Bonchev–Trinajstić information content (AvgIpc) is 3.17. The van der Waals surface area contributed by atoms with E-state index in [0.29, 0.717) is 6.61 Å². The maximum atomic E-state index is 12.9. The summed E-state index contributed by atoms with van der Waals surface area (Å²) in [4.78, 5) is 17.1. The minimum absolute atomic E-state index is 0.0752. The molecule has 25 heavy (non-hydrogen) atoms. The van der Waals surface area contributed by atoms with Crippen LogP contribution in [0.25, 0.3) is 10.9 Å². The van der Waals surface area contributed by atoms with Gasteiger partial charge in [0.25, 0.3) is 0 Å². The van der Waals surface area contributed by atoms with Gasteiger partial charge < -0.3 is 14.2 Å². The third kappa shape index (κ3) is 2.66. The minimum Gasteiger partial charge on any atom is -0.377 e. The summed E-state index contributed by atoms with van der Waals surface area (Å²) >= 11 is 0. The van der Waals surface area contributed by atoms with Crippen LogP contribution in [-0.2, 0) is 23.1 Å². The van der Waals surface area contributed by atoms with Crippen molar-refractivity contribution in [2.75, 3.05) is 33.8 Å². The first kappa shape index (κ1) is 16.6. The van der Waals surface area contributed by atoms with Gasteiger partial charge in [0.2, 0.25) is 5.91 Å². The van der Waals surface area contributed by atoms with E-state index in [-0.39, 0.29) is 17.4 Å². The molecule has 2 aliphatic heterocycles. The lowest BCUT2D eigenvalue weighted by atomic mass is 9.75. The second kappa shape index (κ2) is 6.15. The number of nitrogens with zero attached hydrogens (tertiary/aromatic N) is 3. The Bertz CT molecular complexity index is 797. The number of piperidine rings is 1. The topological polar surface area (TPSA) is 37.7 Å². The van der Waals surface area contributed by atoms with E-state index in [1.807, 2.05) is 14.1 Å². The van der Waals surface area contributed by atoms with Gasteiger partial charge >= 0.3 is 0 Å². The van der Waals surface area contributed by atoms with E-state index in [1.165, 1.54) is 16.5 Å². The van der Waals surface area contributed by atoms with E-state index in [4.69, 9.17) is 4.74 Å². The molecule has 0 saturated carbocycles.